The smallest absolute Gasteiger partial charge is 0.274 e. The molecule has 0 radical (unpaired) electrons. The number of rotatable bonds is 6. The summed E-state index contributed by atoms with van der Waals surface area (Å²) in [6.45, 7) is 9.69. The molecule has 2 amide bonds. The zero-order valence-corrected chi connectivity index (χ0v) is 17.5. The fourth-order valence-electron chi connectivity index (χ4n) is 3.77. The van der Waals surface area contributed by atoms with Gasteiger partial charge in [-0.15, -0.1) is 0 Å². The Balaban J connectivity index is 1.63. The highest BCUT2D eigenvalue weighted by Gasteiger charge is 2.26. The number of carbonyl (C=O) groups is 2. The first kappa shape index (κ1) is 20.8. The first-order chi connectivity index (χ1) is 13.8. The zero-order chi connectivity index (χ0) is 21.0. The van der Waals surface area contributed by atoms with Crippen LogP contribution in [0.4, 0.5) is 0 Å². The van der Waals surface area contributed by atoms with Gasteiger partial charge in [0.15, 0.2) is 11.5 Å². The summed E-state index contributed by atoms with van der Waals surface area (Å²) in [4.78, 5) is 33.2. The van der Waals surface area contributed by atoms with Crippen LogP contribution in [0, 0.1) is 12.8 Å². The Hall–Kier alpha value is -2.96. The van der Waals surface area contributed by atoms with E-state index in [1.54, 1.807) is 28.9 Å². The second-order valence-corrected chi connectivity index (χ2v) is 7.94. The van der Waals surface area contributed by atoms with E-state index in [9.17, 15) is 9.59 Å². The topological polar surface area (TPSA) is 71.3 Å². The van der Waals surface area contributed by atoms with E-state index in [2.05, 4.69) is 16.7 Å². The van der Waals surface area contributed by atoms with Crippen molar-refractivity contribution in [3.05, 3.63) is 54.0 Å². The van der Waals surface area contributed by atoms with Crippen molar-refractivity contribution in [3.8, 4) is 5.82 Å². The second kappa shape index (κ2) is 9.03. The Morgan fingerprint density at radius 3 is 2.83 bits per heavy atom. The molecule has 7 heteroatoms. The average molecular weight is 396 g/mol. The fourth-order valence-corrected chi connectivity index (χ4v) is 3.77. The van der Waals surface area contributed by atoms with Gasteiger partial charge >= 0.3 is 0 Å². The van der Waals surface area contributed by atoms with Crippen LogP contribution in [0.25, 0.3) is 5.82 Å². The van der Waals surface area contributed by atoms with Crippen molar-refractivity contribution < 1.29 is 9.59 Å². The summed E-state index contributed by atoms with van der Waals surface area (Å²) in [5, 5.41) is 4.46. The van der Waals surface area contributed by atoms with Gasteiger partial charge in [-0.05, 0) is 50.8 Å². The van der Waals surface area contributed by atoms with Crippen LogP contribution >= 0.6 is 0 Å². The monoisotopic (exact) mass is 395 g/mol. The summed E-state index contributed by atoms with van der Waals surface area (Å²) >= 11 is 0. The van der Waals surface area contributed by atoms with Gasteiger partial charge in [0, 0.05) is 45.0 Å². The maximum atomic E-state index is 12.9. The number of piperidine rings is 1. The van der Waals surface area contributed by atoms with Gasteiger partial charge in [-0.25, -0.2) is 9.67 Å². The third-order valence-corrected chi connectivity index (χ3v) is 5.18. The molecule has 154 valence electrons. The number of carbonyl (C=O) groups excluding carboxylic acids is 2. The van der Waals surface area contributed by atoms with Gasteiger partial charge in [0.05, 0.1) is 0 Å². The molecule has 3 heterocycles. The molecular formula is C22H29N5O2. The first-order valence-electron chi connectivity index (χ1n) is 10.0. The number of nitrogens with zero attached hydrogens (tertiary/aromatic N) is 5. The van der Waals surface area contributed by atoms with Gasteiger partial charge in [-0.2, -0.15) is 5.10 Å². The minimum atomic E-state index is -0.117. The van der Waals surface area contributed by atoms with Crippen LogP contribution in [0.1, 0.15) is 42.4 Å². The van der Waals surface area contributed by atoms with E-state index in [1.165, 1.54) is 0 Å². The highest BCUT2D eigenvalue weighted by Crippen LogP contribution is 2.20. The lowest BCUT2D eigenvalue weighted by atomic mass is 9.97. The summed E-state index contributed by atoms with van der Waals surface area (Å²) in [5.74, 6) is 0.963. The van der Waals surface area contributed by atoms with Crippen LogP contribution in [0.2, 0.25) is 0 Å². The van der Waals surface area contributed by atoms with Gasteiger partial charge in [-0.3, -0.25) is 9.59 Å². The molecule has 1 aliphatic rings. The van der Waals surface area contributed by atoms with Gasteiger partial charge in [0.2, 0.25) is 5.91 Å². The van der Waals surface area contributed by atoms with Crippen molar-refractivity contribution in [1.82, 2.24) is 24.6 Å². The minimum Gasteiger partial charge on any atom is -0.342 e. The Morgan fingerprint density at radius 2 is 2.14 bits per heavy atom. The molecule has 1 unspecified atom stereocenters. The van der Waals surface area contributed by atoms with Gasteiger partial charge in [-0.1, -0.05) is 18.2 Å². The molecule has 7 nitrogen and oxygen atoms in total. The molecule has 2 aromatic heterocycles. The number of aryl methyl sites for hydroxylation is 1. The van der Waals surface area contributed by atoms with Crippen LogP contribution in [0.15, 0.2) is 42.6 Å². The molecule has 0 aromatic carbocycles. The maximum absolute atomic E-state index is 12.9. The summed E-state index contributed by atoms with van der Waals surface area (Å²) < 4.78 is 1.68. The highest BCUT2D eigenvalue weighted by molar-refractivity contribution is 5.92. The van der Waals surface area contributed by atoms with Gasteiger partial charge < -0.3 is 9.80 Å². The average Bonchev–Trinajstić information content (AvgIpc) is 3.09. The number of amides is 2. The van der Waals surface area contributed by atoms with E-state index in [0.717, 1.165) is 30.7 Å². The predicted molar refractivity (Wildman–Crippen MR) is 112 cm³/mol. The van der Waals surface area contributed by atoms with Crippen LogP contribution in [-0.4, -0.2) is 63.1 Å². The molecule has 1 fully saturated rings. The third kappa shape index (κ3) is 5.10. The van der Waals surface area contributed by atoms with E-state index in [1.807, 2.05) is 36.9 Å². The van der Waals surface area contributed by atoms with Crippen LogP contribution in [0.3, 0.4) is 0 Å². The quantitative estimate of drug-likeness (QED) is 0.705. The minimum absolute atomic E-state index is 0.117. The van der Waals surface area contributed by atoms with Gasteiger partial charge in [0.1, 0.15) is 0 Å². The molecule has 1 aliphatic heterocycles. The lowest BCUT2D eigenvalue weighted by Crippen LogP contribution is -2.44. The molecule has 29 heavy (non-hydrogen) atoms. The summed E-state index contributed by atoms with van der Waals surface area (Å²) in [6, 6.07) is 7.38. The van der Waals surface area contributed by atoms with Crippen molar-refractivity contribution in [1.29, 1.82) is 0 Å². The molecule has 1 atom stereocenters. The number of aromatic nitrogens is 3. The van der Waals surface area contributed by atoms with Crippen molar-refractivity contribution in [2.75, 3.05) is 26.7 Å². The van der Waals surface area contributed by atoms with Crippen molar-refractivity contribution in [2.45, 2.75) is 33.1 Å². The fraction of sp³-hybridized carbons (Fsp3) is 0.455. The standard InChI is InChI=1S/C22H29N5O2/c1-16(2)12-21(28)26-11-7-8-18(15-26)14-25(4)22(29)19-13-17(3)27(24-19)20-9-5-6-10-23-20/h5-6,9-10,13,18H,1,7-8,11-12,14-15H2,2-4H3. The largest absolute Gasteiger partial charge is 0.342 e. The number of hydrogen-bond donors (Lipinski definition) is 0. The molecule has 0 aliphatic carbocycles. The van der Waals surface area contributed by atoms with Crippen molar-refractivity contribution in [2.24, 2.45) is 5.92 Å². The Morgan fingerprint density at radius 1 is 1.34 bits per heavy atom. The molecule has 2 aromatic rings. The Bertz CT molecular complexity index is 890. The molecule has 1 saturated heterocycles. The highest BCUT2D eigenvalue weighted by atomic mass is 16.2. The van der Waals surface area contributed by atoms with E-state index in [-0.39, 0.29) is 17.7 Å². The van der Waals surface area contributed by atoms with Crippen LogP contribution < -0.4 is 0 Å². The predicted octanol–water partition coefficient (Wildman–Crippen LogP) is 2.85. The molecule has 0 spiro atoms. The number of likely N-dealkylation sites (tertiary alicyclic amines) is 1. The van der Waals surface area contributed by atoms with E-state index < -0.39 is 0 Å². The SMILES string of the molecule is C=C(C)CC(=O)N1CCCC(CN(C)C(=O)c2cc(C)n(-c3ccccn3)n2)C1. The van der Waals surface area contributed by atoms with Gasteiger partial charge in [0.25, 0.3) is 5.91 Å². The van der Waals surface area contributed by atoms with Crippen molar-refractivity contribution >= 4 is 11.8 Å². The molecule has 3 rings (SSSR count). The maximum Gasteiger partial charge on any atom is 0.274 e. The Labute approximate surface area is 172 Å². The zero-order valence-electron chi connectivity index (χ0n) is 17.5. The molecule has 0 bridgehead atoms. The van der Waals surface area contributed by atoms with E-state index in [4.69, 9.17) is 0 Å². The molecule has 0 N–H and O–H groups in total. The Kier molecular flexibility index (Phi) is 6.46. The van der Waals surface area contributed by atoms with Crippen molar-refractivity contribution in [3.63, 3.8) is 0 Å². The summed E-state index contributed by atoms with van der Waals surface area (Å²) in [6.07, 6.45) is 4.07. The third-order valence-electron chi connectivity index (χ3n) is 5.18. The summed E-state index contributed by atoms with van der Waals surface area (Å²) in [5.41, 5.74) is 2.14. The van der Waals surface area contributed by atoms with E-state index in [0.29, 0.717) is 31.0 Å². The molecular weight excluding hydrogens is 366 g/mol. The number of pyridine rings is 1. The lowest BCUT2D eigenvalue weighted by molar-refractivity contribution is -0.132. The van der Waals surface area contributed by atoms with Crippen LogP contribution in [0.5, 0.6) is 0 Å². The lowest BCUT2D eigenvalue weighted by Gasteiger charge is -2.34. The van der Waals surface area contributed by atoms with Crippen LogP contribution in [-0.2, 0) is 4.79 Å². The first-order valence-corrected chi connectivity index (χ1v) is 10.0. The van der Waals surface area contributed by atoms with E-state index >= 15 is 0 Å². The molecule has 0 saturated carbocycles. The second-order valence-electron chi connectivity index (χ2n) is 7.94. The summed E-state index contributed by atoms with van der Waals surface area (Å²) in [7, 11) is 1.80. The number of hydrogen-bond acceptors (Lipinski definition) is 4. The normalized spacial score (nSPS) is 16.5.